The van der Waals surface area contributed by atoms with Gasteiger partial charge in [-0.25, -0.2) is 34.0 Å². The molecule has 25 heteroatoms. The van der Waals surface area contributed by atoms with Crippen molar-refractivity contribution >= 4 is 167 Å². The van der Waals surface area contributed by atoms with Crippen LogP contribution in [0.5, 0.6) is 0 Å². The van der Waals surface area contributed by atoms with Crippen LogP contribution >= 0.6 is 114 Å². The maximum absolute atomic E-state index is 12.8. The zero-order chi connectivity index (χ0) is 76.9. The smallest absolute Gasteiger partial charge is 1.00 e. The van der Waals surface area contributed by atoms with E-state index in [1.165, 1.54) is 11.6 Å². The van der Waals surface area contributed by atoms with Crippen LogP contribution in [-0.4, -0.2) is 93.3 Å². The van der Waals surface area contributed by atoms with E-state index < -0.39 is 16.8 Å². The molecule has 2 aliphatic rings. The molecule has 2 heterocycles. The number of alkyl halides is 2. The number of ketones is 1. The Morgan fingerprint density at radius 3 is 1.25 bits per heavy atom. The summed E-state index contributed by atoms with van der Waals surface area (Å²) in [6.45, 7) is 26.9. The molecular formula is C84H96Br5Cl2MgN4NaO10S2. The maximum Gasteiger partial charge on any atom is 2.00 e. The van der Waals surface area contributed by atoms with Crippen molar-refractivity contribution in [3.05, 3.63) is 338 Å². The van der Waals surface area contributed by atoms with Gasteiger partial charge in [-0.2, -0.15) is 32.0 Å². The molecule has 2 saturated heterocycles. The number of aliphatic hydroxyl groups is 1. The summed E-state index contributed by atoms with van der Waals surface area (Å²) in [5, 5.41) is 18.8. The summed E-state index contributed by atoms with van der Waals surface area (Å²) in [6, 6.07) is 70.5. The van der Waals surface area contributed by atoms with Crippen molar-refractivity contribution in [1.82, 2.24) is 9.80 Å². The Kier molecular flexibility index (Phi) is 60.1. The van der Waals surface area contributed by atoms with Crippen LogP contribution in [0.3, 0.4) is 0 Å². The Morgan fingerprint density at radius 2 is 0.954 bits per heavy atom. The van der Waals surface area contributed by atoms with E-state index in [0.717, 1.165) is 69.7 Å². The zero-order valence-electron chi connectivity index (χ0n) is 62.2. The van der Waals surface area contributed by atoms with Crippen molar-refractivity contribution < 1.29 is 95.2 Å². The molecule has 10 rings (SSSR count). The number of carbonyl (C=O) groups excluding carboxylic acids is 5. The Bertz CT molecular complexity index is 3770. The number of benzene rings is 8. The van der Waals surface area contributed by atoms with Gasteiger partial charge in [0.25, 0.3) is 6.47 Å². The van der Waals surface area contributed by atoms with Gasteiger partial charge in [0.05, 0.1) is 23.7 Å². The van der Waals surface area contributed by atoms with Gasteiger partial charge in [-0.3, -0.25) is 9.59 Å². The number of hydrogen-bond acceptors (Lipinski definition) is 12. The molecule has 0 spiro atoms. The van der Waals surface area contributed by atoms with Crippen LogP contribution in [0.1, 0.15) is 146 Å². The summed E-state index contributed by atoms with van der Waals surface area (Å²) in [4.78, 5) is 65.2. The molecule has 0 aromatic heterocycles. The summed E-state index contributed by atoms with van der Waals surface area (Å²) in [5.74, 6) is 0.952. The second-order valence-corrected chi connectivity index (χ2v) is 28.0. The van der Waals surface area contributed by atoms with Crippen molar-refractivity contribution in [3.63, 3.8) is 0 Å². The molecule has 2 amide bonds. The first-order valence-corrected chi connectivity index (χ1v) is 37.6. The van der Waals surface area contributed by atoms with E-state index in [0.29, 0.717) is 57.0 Å². The van der Waals surface area contributed by atoms with Crippen LogP contribution in [0.25, 0.3) is 0 Å². The van der Waals surface area contributed by atoms with Gasteiger partial charge in [-0.05, 0) is 128 Å². The number of hydrogen-bond donors (Lipinski definition) is 2. The average Bonchev–Trinajstić information content (AvgIpc) is 0.783. The van der Waals surface area contributed by atoms with Gasteiger partial charge in [-0.1, -0.05) is 252 Å². The monoisotopic (exact) mass is 1900 g/mol. The van der Waals surface area contributed by atoms with Gasteiger partial charge in [0, 0.05) is 86.4 Å². The number of ether oxygens (including phenoxy) is 2. The van der Waals surface area contributed by atoms with Gasteiger partial charge in [0.15, 0.2) is 5.78 Å². The molecule has 0 radical (unpaired) electrons. The average molecular weight is 1900 g/mol. The summed E-state index contributed by atoms with van der Waals surface area (Å²) in [7, 11) is 0. The van der Waals surface area contributed by atoms with Gasteiger partial charge >= 0.3 is 64.8 Å². The number of aliphatic imine (C=N–C) groups is 1. The van der Waals surface area contributed by atoms with Crippen molar-refractivity contribution in [2.75, 3.05) is 24.8 Å². The van der Waals surface area contributed by atoms with E-state index in [-0.39, 0.29) is 145 Å². The van der Waals surface area contributed by atoms with E-state index in [1.807, 2.05) is 246 Å². The van der Waals surface area contributed by atoms with Crippen LogP contribution in [0, 0.1) is 6.92 Å². The second-order valence-electron chi connectivity index (χ2n) is 23.6. The summed E-state index contributed by atoms with van der Waals surface area (Å²) >= 11 is 24.7. The van der Waals surface area contributed by atoms with Crippen molar-refractivity contribution in [3.8, 4) is 0 Å². The normalized spacial score (nSPS) is 15.5. The summed E-state index contributed by atoms with van der Waals surface area (Å²) < 4.78 is 16.1. The fourth-order valence-corrected chi connectivity index (χ4v) is 12.3. The number of halogens is 7. The zero-order valence-corrected chi connectivity index (χ0v) is 77.0. The fourth-order valence-electron chi connectivity index (χ4n) is 10.8. The SMILES string of the molecule is C=CCC(O)(CCCl)c1ccccc1.C=CC[C@@]1(c2ccccc2)CCN([C@@H](C)c2ccc(Br)cc2)C(=O)O1.C=CC[C@]1(c2ccccc2)CCN([C@@H](C)c2ccc(Br)cc2)C(=O)O1.C=C[CH2-].C[C@H](N)c1ccc(Br)cc1.C[C@H](N=C=O)c1ccc(Br)cc1.O=C(CCCl)c1ccccc1.O=CO[O-].S.S.[Br-].[Mg+2].[Na+]. The van der Waals surface area contributed by atoms with E-state index in [2.05, 4.69) is 107 Å². The number of amides is 2. The van der Waals surface area contributed by atoms with Crippen LogP contribution in [0.4, 0.5) is 9.59 Å². The standard InChI is InChI=1S/2C21H22BrNO2.C12H15ClO.C9H8BrNO.C9H9ClO.C8H10BrN.C3H5.CH2O3.BrH.Mg.Na.2H2S/c2*1-3-13-21(18-7-5-4-6-8-18)14-15-23(20(24)25-21)16(2)17-9-11-19(22)12-10-17;1-2-8-12(14,9-10-13)11-6-4-3-5-7-11;1-7(11-6-12)8-2-4-9(10)5-3-8;10-7-6-9(11)8-4-2-1-3-5-8;1-6(10)7-2-4-8(9)5-3-7;1-3-2;2-1-4-3;;;;;/h2*3-12,16H,1,13-15H2,2H3;2-7,14H,1,8-10H2;2-5,7H,1H3;1-5H,6-7H2;2-6H,10H2,1H3;3H,1-2H2;1,3H;1H;;;2*1H2/q;;;;;;-1;;;+2;+1;;/p-2/t16-,21+;16-,21-;;7-;;6-;;;;;;;/m00.0.0......./s1. The molecule has 14 nitrogen and oxygen atoms in total. The summed E-state index contributed by atoms with van der Waals surface area (Å²) in [6.07, 6.45) is 12.1. The molecule has 8 aromatic carbocycles. The number of cyclic esters (lactones) is 2. The van der Waals surface area contributed by atoms with Gasteiger partial charge in [0.1, 0.15) is 11.2 Å². The molecule has 2 fully saturated rings. The number of isocyanates is 1. The van der Waals surface area contributed by atoms with E-state index in [1.54, 1.807) is 34.1 Å². The third-order valence-corrected chi connectivity index (χ3v) is 19.0. The molecule has 0 saturated carbocycles. The minimum atomic E-state index is -0.856. The number of nitrogens with two attached hydrogens (primary N) is 1. The van der Waals surface area contributed by atoms with Crippen LogP contribution in [0.15, 0.2) is 292 Å². The van der Waals surface area contributed by atoms with Crippen LogP contribution < -0.4 is 57.5 Å². The minimum Gasteiger partial charge on any atom is -1.00 e. The maximum atomic E-state index is 12.8. The Labute approximate surface area is 751 Å². The first-order chi connectivity index (χ1) is 49.9. The quantitative estimate of drug-likeness (QED) is 0.00625. The number of Topliss-reactive ketones (excluding diaryl/α,β-unsaturated/α-hetero) is 1. The van der Waals surface area contributed by atoms with Gasteiger partial charge < -0.3 is 57.2 Å². The number of carbonyl (C=O) groups is 4. The van der Waals surface area contributed by atoms with E-state index >= 15 is 0 Å². The third kappa shape index (κ3) is 38.1. The molecule has 0 aliphatic carbocycles. The van der Waals surface area contributed by atoms with Crippen LogP contribution in [0.2, 0.25) is 0 Å². The van der Waals surface area contributed by atoms with Crippen molar-refractivity contribution in [1.29, 1.82) is 0 Å². The topological polar surface area (TPSA) is 201 Å². The molecular weight excluding hydrogens is 1810 g/mol. The van der Waals surface area contributed by atoms with Gasteiger partial charge in [0.2, 0.25) is 6.08 Å². The minimum absolute atomic E-state index is 0. The number of rotatable bonds is 22. The van der Waals surface area contributed by atoms with E-state index in [4.69, 9.17) is 48.5 Å². The Morgan fingerprint density at radius 1 is 0.624 bits per heavy atom. The molecule has 8 aromatic rings. The predicted octanol–water partition coefficient (Wildman–Crippen LogP) is 15.8. The van der Waals surface area contributed by atoms with Crippen LogP contribution in [-0.2, 0) is 40.8 Å². The predicted molar refractivity (Wildman–Crippen MR) is 460 cm³/mol. The molecule has 3 N–H and O–H groups in total. The first-order valence-electron chi connectivity index (χ1n) is 33.3. The Balaban J connectivity index is -0.00000125. The molecule has 7 atom stereocenters. The van der Waals surface area contributed by atoms with E-state index in [9.17, 15) is 24.3 Å². The molecule has 109 heavy (non-hydrogen) atoms. The first kappa shape index (κ1) is 108. The molecule has 1 unspecified atom stereocenters. The molecule has 2 aliphatic heterocycles. The van der Waals surface area contributed by atoms with Crippen molar-refractivity contribution in [2.45, 2.75) is 114 Å². The fraction of sp³-hybridized carbons (Fsp3) is 0.262. The third-order valence-electron chi connectivity index (χ3n) is 16.5. The Hall–Kier alpha value is -5.02. The molecule has 0 bridgehead atoms. The van der Waals surface area contributed by atoms with Gasteiger partial charge in [-0.15, -0.1) is 42.9 Å². The second kappa shape index (κ2) is 60.6. The largest absolute Gasteiger partial charge is 2.00 e. The summed E-state index contributed by atoms with van der Waals surface area (Å²) in [5.41, 5.74) is 11.6. The molecule has 576 valence electrons. The van der Waals surface area contributed by atoms with Crippen molar-refractivity contribution in [2.24, 2.45) is 10.7 Å². The number of allylic oxidation sites excluding steroid dienone is 1. The number of nitrogens with zero attached hydrogens (tertiary/aromatic N) is 3.